The molecule has 0 radical (unpaired) electrons. The Labute approximate surface area is 116 Å². The zero-order valence-electron chi connectivity index (χ0n) is 10.7. The minimum absolute atomic E-state index is 0.0238. The molecule has 3 N–H and O–H groups in total. The smallest absolute Gasteiger partial charge is 0.335 e. The van der Waals surface area contributed by atoms with E-state index in [0.29, 0.717) is 13.1 Å². The number of nitrogens with one attached hydrogen (secondary N) is 1. The summed E-state index contributed by atoms with van der Waals surface area (Å²) in [4.78, 5) is 10.8. The van der Waals surface area contributed by atoms with Crippen molar-refractivity contribution >= 4 is 16.0 Å². The van der Waals surface area contributed by atoms with Crippen LogP contribution in [0.1, 0.15) is 10.4 Å². The van der Waals surface area contributed by atoms with Gasteiger partial charge < -0.3 is 15.5 Å². The number of aliphatic hydroxyl groups excluding tert-OH is 1. The third-order valence-corrected chi connectivity index (χ3v) is 4.95. The summed E-state index contributed by atoms with van der Waals surface area (Å²) in [5.41, 5.74) is 0.0292. The van der Waals surface area contributed by atoms with Crippen molar-refractivity contribution in [3.63, 3.8) is 0 Å². The van der Waals surface area contributed by atoms with E-state index in [9.17, 15) is 18.3 Å². The number of aliphatic hydroxyl groups is 1. The van der Waals surface area contributed by atoms with Crippen LogP contribution in [0.15, 0.2) is 29.2 Å². The molecule has 1 saturated heterocycles. The molecule has 8 heteroatoms. The van der Waals surface area contributed by atoms with Crippen LogP contribution >= 0.6 is 0 Å². The molecule has 1 heterocycles. The lowest BCUT2D eigenvalue weighted by Gasteiger charge is -2.21. The average molecular weight is 300 g/mol. The number of rotatable bonds is 3. The Hall–Kier alpha value is -1.48. The van der Waals surface area contributed by atoms with E-state index < -0.39 is 22.1 Å². The number of nitrogens with zero attached hydrogens (tertiary/aromatic N) is 1. The van der Waals surface area contributed by atoms with Crippen LogP contribution in [0.2, 0.25) is 0 Å². The number of carbonyl (C=O) groups is 1. The lowest BCUT2D eigenvalue weighted by atomic mass is 10.2. The van der Waals surface area contributed by atoms with Crippen LogP contribution in [-0.4, -0.2) is 61.2 Å². The van der Waals surface area contributed by atoms with Gasteiger partial charge in [0.15, 0.2) is 0 Å². The van der Waals surface area contributed by atoms with E-state index in [4.69, 9.17) is 5.11 Å². The first-order valence-corrected chi connectivity index (χ1v) is 7.57. The van der Waals surface area contributed by atoms with Crippen molar-refractivity contribution in [2.75, 3.05) is 26.2 Å². The predicted molar refractivity (Wildman–Crippen MR) is 71.0 cm³/mol. The Balaban J connectivity index is 2.26. The maximum Gasteiger partial charge on any atom is 0.335 e. The van der Waals surface area contributed by atoms with Crippen LogP contribution in [0.5, 0.6) is 0 Å². The second-order valence-electron chi connectivity index (χ2n) is 4.55. The van der Waals surface area contributed by atoms with E-state index >= 15 is 0 Å². The van der Waals surface area contributed by atoms with Gasteiger partial charge in [-0.25, -0.2) is 13.2 Å². The highest BCUT2D eigenvalue weighted by Gasteiger charge is 2.28. The van der Waals surface area contributed by atoms with E-state index in [1.54, 1.807) is 0 Å². The monoisotopic (exact) mass is 300 g/mol. The van der Waals surface area contributed by atoms with E-state index in [0.717, 1.165) is 0 Å². The van der Waals surface area contributed by atoms with E-state index in [1.165, 1.54) is 28.6 Å². The van der Waals surface area contributed by atoms with Crippen molar-refractivity contribution in [3.8, 4) is 0 Å². The molecule has 1 fully saturated rings. The number of carboxylic acid groups (broad SMARTS) is 1. The Bertz CT molecular complexity index is 584. The number of carboxylic acids is 1. The van der Waals surface area contributed by atoms with Crippen LogP contribution in [-0.2, 0) is 10.0 Å². The molecular formula is C12H16N2O5S. The summed E-state index contributed by atoms with van der Waals surface area (Å²) in [6, 6.07) is 5.04. The highest BCUT2D eigenvalue weighted by Crippen LogP contribution is 2.17. The van der Waals surface area contributed by atoms with Crippen LogP contribution < -0.4 is 5.32 Å². The Morgan fingerprint density at radius 2 is 1.95 bits per heavy atom. The first-order chi connectivity index (χ1) is 9.41. The number of benzene rings is 1. The lowest BCUT2D eigenvalue weighted by Crippen LogP contribution is -2.37. The number of aromatic carboxylic acids is 1. The summed E-state index contributed by atoms with van der Waals surface area (Å²) in [6.07, 6.45) is -0.759. The fourth-order valence-corrected chi connectivity index (χ4v) is 3.48. The van der Waals surface area contributed by atoms with Gasteiger partial charge in [0.1, 0.15) is 0 Å². The van der Waals surface area contributed by atoms with Gasteiger partial charge in [-0.3, -0.25) is 0 Å². The molecule has 0 bridgehead atoms. The zero-order chi connectivity index (χ0) is 14.8. The van der Waals surface area contributed by atoms with Gasteiger partial charge >= 0.3 is 5.97 Å². The number of sulfonamides is 1. The maximum atomic E-state index is 12.4. The van der Waals surface area contributed by atoms with Crippen molar-refractivity contribution < 1.29 is 23.4 Å². The molecule has 1 aliphatic heterocycles. The number of hydrogen-bond donors (Lipinski definition) is 3. The second kappa shape index (κ2) is 5.88. The molecule has 0 aliphatic carbocycles. The minimum atomic E-state index is -3.72. The molecule has 7 nitrogen and oxygen atoms in total. The van der Waals surface area contributed by atoms with Crippen LogP contribution in [0, 0.1) is 0 Å². The molecule has 20 heavy (non-hydrogen) atoms. The molecule has 2 rings (SSSR count). The van der Waals surface area contributed by atoms with Crippen LogP contribution in [0.4, 0.5) is 0 Å². The normalized spacial score (nSPS) is 21.4. The molecule has 110 valence electrons. The third-order valence-electron chi connectivity index (χ3n) is 3.07. The van der Waals surface area contributed by atoms with Gasteiger partial charge in [-0.2, -0.15) is 4.31 Å². The molecule has 0 saturated carbocycles. The molecule has 1 atom stereocenters. The maximum absolute atomic E-state index is 12.4. The first-order valence-electron chi connectivity index (χ1n) is 6.13. The van der Waals surface area contributed by atoms with Gasteiger partial charge in [0.25, 0.3) is 0 Å². The summed E-state index contributed by atoms with van der Waals surface area (Å²) in [5.74, 6) is -1.11. The van der Waals surface area contributed by atoms with E-state index in [2.05, 4.69) is 5.32 Å². The fourth-order valence-electron chi connectivity index (χ4n) is 2.00. The van der Waals surface area contributed by atoms with Gasteiger partial charge in [-0.05, 0) is 24.3 Å². The summed E-state index contributed by atoms with van der Waals surface area (Å²) >= 11 is 0. The van der Waals surface area contributed by atoms with Gasteiger partial charge in [0.05, 0.1) is 16.6 Å². The van der Waals surface area contributed by atoms with Gasteiger partial charge in [0, 0.05) is 26.2 Å². The van der Waals surface area contributed by atoms with Crippen molar-refractivity contribution in [1.82, 2.24) is 9.62 Å². The molecular weight excluding hydrogens is 284 g/mol. The number of hydrogen-bond acceptors (Lipinski definition) is 5. The molecule has 0 unspecified atom stereocenters. The zero-order valence-corrected chi connectivity index (χ0v) is 11.5. The van der Waals surface area contributed by atoms with Crippen molar-refractivity contribution in [1.29, 1.82) is 0 Å². The molecule has 0 spiro atoms. The average Bonchev–Trinajstić information content (AvgIpc) is 2.64. The molecule has 1 aromatic rings. The number of β-amino-alcohol motifs (C(OH)–C–C–N with tert-alkyl or cyclic N) is 1. The standard InChI is InChI=1S/C12H16N2O5S/c15-10-7-13-5-6-14(8-10)20(18,19)11-3-1-9(2-4-11)12(16)17/h1-4,10,13,15H,5-8H2,(H,16,17)/t10-/m1/s1. The first kappa shape index (κ1) is 14.9. The topological polar surface area (TPSA) is 107 Å². The van der Waals surface area contributed by atoms with E-state index in [-0.39, 0.29) is 23.5 Å². The van der Waals surface area contributed by atoms with Crippen molar-refractivity contribution in [2.24, 2.45) is 0 Å². The highest BCUT2D eigenvalue weighted by atomic mass is 32.2. The Morgan fingerprint density at radius 1 is 1.30 bits per heavy atom. The minimum Gasteiger partial charge on any atom is -0.478 e. The quantitative estimate of drug-likeness (QED) is 0.684. The highest BCUT2D eigenvalue weighted by molar-refractivity contribution is 7.89. The molecule has 1 aromatic carbocycles. The predicted octanol–water partition coefficient (Wildman–Crippen LogP) is -0.660. The molecule has 1 aliphatic rings. The van der Waals surface area contributed by atoms with Gasteiger partial charge in [0.2, 0.25) is 10.0 Å². The van der Waals surface area contributed by atoms with Gasteiger partial charge in [-0.15, -0.1) is 0 Å². The van der Waals surface area contributed by atoms with Crippen LogP contribution in [0.3, 0.4) is 0 Å². The summed E-state index contributed by atoms with van der Waals surface area (Å²) < 4.78 is 26.0. The molecule has 0 amide bonds. The summed E-state index contributed by atoms with van der Waals surface area (Å²) in [6.45, 7) is 1.10. The Kier molecular flexibility index (Phi) is 4.39. The van der Waals surface area contributed by atoms with Crippen molar-refractivity contribution in [3.05, 3.63) is 29.8 Å². The second-order valence-corrected chi connectivity index (χ2v) is 6.49. The van der Waals surface area contributed by atoms with Crippen LogP contribution in [0.25, 0.3) is 0 Å². The fraction of sp³-hybridized carbons (Fsp3) is 0.417. The van der Waals surface area contributed by atoms with Crippen molar-refractivity contribution in [2.45, 2.75) is 11.0 Å². The lowest BCUT2D eigenvalue weighted by molar-refractivity contribution is 0.0696. The summed E-state index contributed by atoms with van der Waals surface area (Å²) in [7, 11) is -3.72. The molecule has 0 aromatic heterocycles. The Morgan fingerprint density at radius 3 is 2.55 bits per heavy atom. The SMILES string of the molecule is O=C(O)c1ccc(S(=O)(=O)N2CCNC[C@@H](O)C2)cc1. The third kappa shape index (κ3) is 3.15. The largest absolute Gasteiger partial charge is 0.478 e. The van der Waals surface area contributed by atoms with Gasteiger partial charge in [-0.1, -0.05) is 0 Å². The van der Waals surface area contributed by atoms with E-state index in [1.807, 2.05) is 0 Å². The summed E-state index contributed by atoms with van der Waals surface area (Å²) in [5, 5.41) is 21.4.